The highest BCUT2D eigenvalue weighted by Crippen LogP contribution is 2.15. The third-order valence-corrected chi connectivity index (χ3v) is 4.36. The predicted octanol–water partition coefficient (Wildman–Crippen LogP) is 1.39. The third kappa shape index (κ3) is 6.56. The number of nitrogens with two attached hydrogens (primary N) is 1. The minimum absolute atomic E-state index is 0. The Hall–Kier alpha value is -0.820. The molecule has 0 spiro atoms. The topological polar surface area (TPSA) is 89.3 Å². The molecule has 1 atom stereocenters. The van der Waals surface area contributed by atoms with Crippen LogP contribution in [0.1, 0.15) is 13.3 Å². The Bertz CT molecular complexity index is 530. The van der Waals surface area contributed by atoms with Crippen LogP contribution in [0.4, 0.5) is 0 Å². The molecule has 0 saturated heterocycles. The number of nitrogens with one attached hydrogen (secondary N) is 1. The van der Waals surface area contributed by atoms with Crippen molar-refractivity contribution in [3.8, 4) is 0 Å². The maximum atomic E-state index is 11.9. The highest BCUT2D eigenvalue weighted by molar-refractivity contribution is 7.91. The summed E-state index contributed by atoms with van der Waals surface area (Å²) in [5, 5.41) is 3.00. The first-order valence-corrected chi connectivity index (χ1v) is 7.85. The van der Waals surface area contributed by atoms with E-state index in [0.29, 0.717) is 5.02 Å². The van der Waals surface area contributed by atoms with E-state index in [2.05, 4.69) is 5.32 Å². The van der Waals surface area contributed by atoms with Crippen LogP contribution in [0.15, 0.2) is 29.2 Å². The zero-order valence-corrected chi connectivity index (χ0v) is 13.4. The van der Waals surface area contributed by atoms with Gasteiger partial charge in [-0.3, -0.25) is 4.79 Å². The SMILES string of the molecule is CC(N)CC(=O)NCCS(=O)(=O)c1ccc(Cl)cc1.Cl. The van der Waals surface area contributed by atoms with Gasteiger partial charge in [0, 0.05) is 24.0 Å². The van der Waals surface area contributed by atoms with E-state index >= 15 is 0 Å². The van der Waals surface area contributed by atoms with Gasteiger partial charge < -0.3 is 11.1 Å². The second-order valence-electron chi connectivity index (χ2n) is 4.30. The van der Waals surface area contributed by atoms with Gasteiger partial charge in [-0.2, -0.15) is 0 Å². The lowest BCUT2D eigenvalue weighted by molar-refractivity contribution is -0.121. The first-order chi connectivity index (χ1) is 8.81. The molecular weight excluding hydrogens is 323 g/mol. The molecule has 0 radical (unpaired) electrons. The summed E-state index contributed by atoms with van der Waals surface area (Å²) in [5.74, 6) is -0.402. The van der Waals surface area contributed by atoms with Gasteiger partial charge in [0.15, 0.2) is 9.84 Å². The van der Waals surface area contributed by atoms with Crippen molar-refractivity contribution in [2.45, 2.75) is 24.3 Å². The van der Waals surface area contributed by atoms with Crippen LogP contribution >= 0.6 is 24.0 Å². The minimum atomic E-state index is -3.41. The quantitative estimate of drug-likeness (QED) is 0.818. The van der Waals surface area contributed by atoms with Gasteiger partial charge in [-0.05, 0) is 31.2 Å². The summed E-state index contributed by atoms with van der Waals surface area (Å²) in [5.41, 5.74) is 5.46. The van der Waals surface area contributed by atoms with Gasteiger partial charge in [0.25, 0.3) is 0 Å². The highest BCUT2D eigenvalue weighted by atomic mass is 35.5. The fraction of sp³-hybridized carbons (Fsp3) is 0.417. The smallest absolute Gasteiger partial charge is 0.221 e. The second kappa shape index (κ2) is 8.46. The molecule has 0 aliphatic rings. The Morgan fingerprint density at radius 3 is 2.40 bits per heavy atom. The van der Waals surface area contributed by atoms with Gasteiger partial charge in [-0.15, -0.1) is 12.4 Å². The maximum Gasteiger partial charge on any atom is 0.221 e. The molecule has 0 bridgehead atoms. The number of sulfone groups is 1. The Balaban J connectivity index is 0.00000361. The van der Waals surface area contributed by atoms with E-state index in [9.17, 15) is 13.2 Å². The van der Waals surface area contributed by atoms with Crippen LogP contribution in [-0.2, 0) is 14.6 Å². The monoisotopic (exact) mass is 340 g/mol. The largest absolute Gasteiger partial charge is 0.355 e. The standard InChI is InChI=1S/C12H17ClN2O3S.ClH/c1-9(14)8-12(16)15-6-7-19(17,18)11-4-2-10(13)3-5-11;/h2-5,9H,6-8,14H2,1H3,(H,15,16);1H. The Morgan fingerprint density at radius 1 is 1.35 bits per heavy atom. The van der Waals surface area contributed by atoms with Crippen LogP contribution in [0.5, 0.6) is 0 Å². The van der Waals surface area contributed by atoms with Gasteiger partial charge in [0.1, 0.15) is 0 Å². The van der Waals surface area contributed by atoms with E-state index in [1.54, 1.807) is 6.92 Å². The molecule has 0 aliphatic carbocycles. The van der Waals surface area contributed by atoms with Crippen molar-refractivity contribution in [1.82, 2.24) is 5.32 Å². The van der Waals surface area contributed by atoms with Gasteiger partial charge in [0.05, 0.1) is 10.6 Å². The Labute approximate surface area is 130 Å². The molecule has 0 fully saturated rings. The van der Waals surface area contributed by atoms with Gasteiger partial charge in [-0.25, -0.2) is 8.42 Å². The maximum absolute atomic E-state index is 11.9. The van der Waals surface area contributed by atoms with E-state index in [4.69, 9.17) is 17.3 Å². The van der Waals surface area contributed by atoms with Crippen LogP contribution in [0.3, 0.4) is 0 Å². The van der Waals surface area contributed by atoms with E-state index < -0.39 is 9.84 Å². The summed E-state index contributed by atoms with van der Waals surface area (Å²) < 4.78 is 23.9. The van der Waals surface area contributed by atoms with Crippen molar-refractivity contribution in [3.05, 3.63) is 29.3 Å². The van der Waals surface area contributed by atoms with Crippen LogP contribution < -0.4 is 11.1 Å². The number of carbonyl (C=O) groups excluding carboxylic acids is 1. The summed E-state index contributed by atoms with van der Waals surface area (Å²) in [6.07, 6.45) is 0.182. The molecule has 0 aliphatic heterocycles. The summed E-state index contributed by atoms with van der Waals surface area (Å²) in [6, 6.07) is 5.68. The van der Waals surface area contributed by atoms with Crippen molar-refractivity contribution < 1.29 is 13.2 Å². The second-order valence-corrected chi connectivity index (χ2v) is 6.85. The van der Waals surface area contributed by atoms with Crippen LogP contribution in [0.2, 0.25) is 5.02 Å². The molecule has 3 N–H and O–H groups in total. The number of carbonyl (C=O) groups is 1. The normalized spacial score (nSPS) is 12.3. The van der Waals surface area contributed by atoms with E-state index in [1.807, 2.05) is 0 Å². The van der Waals surface area contributed by atoms with Crippen LogP contribution in [-0.4, -0.2) is 32.7 Å². The molecule has 0 saturated carbocycles. The van der Waals surface area contributed by atoms with Crippen molar-refractivity contribution in [2.24, 2.45) is 5.73 Å². The molecule has 1 rings (SSSR count). The first-order valence-electron chi connectivity index (χ1n) is 5.82. The average molecular weight is 341 g/mol. The Kier molecular flexibility index (Phi) is 8.12. The lowest BCUT2D eigenvalue weighted by Crippen LogP contribution is -2.33. The lowest BCUT2D eigenvalue weighted by atomic mass is 10.2. The molecule has 1 amide bonds. The third-order valence-electron chi connectivity index (χ3n) is 2.37. The summed E-state index contributed by atoms with van der Waals surface area (Å²) in [6.45, 7) is 1.78. The van der Waals surface area contributed by atoms with Gasteiger partial charge in [0.2, 0.25) is 5.91 Å². The number of hydrogen-bond acceptors (Lipinski definition) is 4. The van der Waals surface area contributed by atoms with Crippen molar-refractivity contribution >= 4 is 39.8 Å². The number of hydrogen-bond donors (Lipinski definition) is 2. The van der Waals surface area contributed by atoms with Crippen LogP contribution in [0, 0.1) is 0 Å². The van der Waals surface area contributed by atoms with Gasteiger partial charge in [-0.1, -0.05) is 11.6 Å². The average Bonchev–Trinajstić information content (AvgIpc) is 2.28. The molecule has 1 aromatic carbocycles. The van der Waals surface area contributed by atoms with E-state index in [0.717, 1.165) is 0 Å². The molecule has 1 unspecified atom stereocenters. The van der Waals surface area contributed by atoms with E-state index in [1.165, 1.54) is 24.3 Å². The molecule has 5 nitrogen and oxygen atoms in total. The molecular formula is C12H18Cl2N2O3S. The molecule has 20 heavy (non-hydrogen) atoms. The van der Waals surface area contributed by atoms with Crippen molar-refractivity contribution in [1.29, 1.82) is 0 Å². The lowest BCUT2D eigenvalue weighted by Gasteiger charge is -2.08. The summed E-state index contributed by atoms with van der Waals surface area (Å²) in [7, 11) is -3.41. The zero-order valence-electron chi connectivity index (χ0n) is 11.0. The number of halogens is 2. The molecule has 0 heterocycles. The number of rotatable bonds is 6. The predicted molar refractivity (Wildman–Crippen MR) is 82.0 cm³/mol. The van der Waals surface area contributed by atoms with Crippen molar-refractivity contribution in [2.75, 3.05) is 12.3 Å². The zero-order chi connectivity index (χ0) is 14.5. The van der Waals surface area contributed by atoms with Crippen molar-refractivity contribution in [3.63, 3.8) is 0 Å². The molecule has 0 aromatic heterocycles. The van der Waals surface area contributed by atoms with Crippen LogP contribution in [0.25, 0.3) is 0 Å². The minimum Gasteiger partial charge on any atom is -0.355 e. The fourth-order valence-electron chi connectivity index (χ4n) is 1.45. The first kappa shape index (κ1) is 19.2. The van der Waals surface area contributed by atoms with E-state index in [-0.39, 0.29) is 48.0 Å². The summed E-state index contributed by atoms with van der Waals surface area (Å²) in [4.78, 5) is 11.5. The summed E-state index contributed by atoms with van der Waals surface area (Å²) >= 11 is 5.69. The van der Waals surface area contributed by atoms with Gasteiger partial charge >= 0.3 is 0 Å². The Morgan fingerprint density at radius 2 is 1.90 bits per heavy atom. The highest BCUT2D eigenvalue weighted by Gasteiger charge is 2.14. The fourth-order valence-corrected chi connectivity index (χ4v) is 2.73. The molecule has 8 heteroatoms. The number of amides is 1. The molecule has 114 valence electrons. The number of benzene rings is 1. The molecule has 1 aromatic rings.